The van der Waals surface area contributed by atoms with Crippen LogP contribution in [0.2, 0.25) is 10.0 Å². The highest BCUT2D eigenvalue weighted by Crippen LogP contribution is 2.35. The molecule has 0 aromatic heterocycles. The minimum atomic E-state index is -0.970. The van der Waals surface area contributed by atoms with Gasteiger partial charge in [-0.25, -0.2) is 18.9 Å². The Bertz CT molecular complexity index is 1110. The molecule has 1 aliphatic rings. The molecule has 1 fully saturated rings. The average molecular weight is 481 g/mol. The topological polar surface area (TPSA) is 102 Å². The molecule has 0 atom stereocenters. The molecule has 1 aliphatic heterocycles. The first-order valence-corrected chi connectivity index (χ1v) is 9.91. The van der Waals surface area contributed by atoms with Crippen molar-refractivity contribution in [1.82, 2.24) is 5.32 Å². The summed E-state index contributed by atoms with van der Waals surface area (Å²) in [6.45, 7) is 1.42. The van der Waals surface area contributed by atoms with E-state index >= 15 is 0 Å². The molecule has 3 rings (SSSR count). The predicted molar refractivity (Wildman–Crippen MR) is 114 cm³/mol. The van der Waals surface area contributed by atoms with Crippen LogP contribution in [-0.4, -0.2) is 37.0 Å². The van der Waals surface area contributed by atoms with Gasteiger partial charge in [-0.05, 0) is 55.0 Å². The van der Waals surface area contributed by atoms with Crippen molar-refractivity contribution in [2.24, 2.45) is 0 Å². The summed E-state index contributed by atoms with van der Waals surface area (Å²) >= 11 is 12.3. The van der Waals surface area contributed by atoms with E-state index < -0.39 is 36.2 Å². The number of imide groups is 2. The molecule has 0 spiro atoms. The predicted octanol–water partition coefficient (Wildman–Crippen LogP) is 3.74. The summed E-state index contributed by atoms with van der Waals surface area (Å²) in [4.78, 5) is 49.5. The van der Waals surface area contributed by atoms with Gasteiger partial charge in [-0.1, -0.05) is 23.2 Å². The Morgan fingerprint density at radius 3 is 2.34 bits per heavy atom. The summed E-state index contributed by atoms with van der Waals surface area (Å²) < 4.78 is 23.2. The highest BCUT2D eigenvalue weighted by atomic mass is 35.5. The van der Waals surface area contributed by atoms with Gasteiger partial charge in [0.15, 0.2) is 12.4 Å². The van der Waals surface area contributed by atoms with Gasteiger partial charge in [0, 0.05) is 0 Å². The Morgan fingerprint density at radius 1 is 1.12 bits per heavy atom. The van der Waals surface area contributed by atoms with E-state index in [2.05, 4.69) is 5.32 Å². The molecule has 32 heavy (non-hydrogen) atoms. The summed E-state index contributed by atoms with van der Waals surface area (Å²) in [6.07, 6.45) is 1.19. The third-order valence-electron chi connectivity index (χ3n) is 4.16. The zero-order chi connectivity index (χ0) is 23.4. The average Bonchev–Trinajstić information content (AvgIpc) is 2.72. The number of benzene rings is 2. The quantitative estimate of drug-likeness (QED) is 0.383. The highest BCUT2D eigenvalue weighted by molar-refractivity contribution is 6.40. The lowest BCUT2D eigenvalue weighted by Crippen LogP contribution is -2.54. The number of amides is 4. The molecule has 4 amide bonds. The number of carbonyl (C=O) groups excluding carboxylic acids is 4. The number of esters is 1. The van der Waals surface area contributed by atoms with Crippen LogP contribution in [0.1, 0.15) is 12.5 Å². The summed E-state index contributed by atoms with van der Waals surface area (Å²) in [5.74, 6) is -2.99. The Morgan fingerprint density at radius 2 is 1.75 bits per heavy atom. The number of urea groups is 1. The molecule has 0 unspecified atom stereocenters. The second kappa shape index (κ2) is 9.80. The zero-order valence-electron chi connectivity index (χ0n) is 16.5. The van der Waals surface area contributed by atoms with Crippen LogP contribution in [0.25, 0.3) is 6.08 Å². The molecule has 1 saturated heterocycles. The maximum Gasteiger partial charge on any atom is 0.344 e. The fourth-order valence-corrected chi connectivity index (χ4v) is 3.40. The number of ether oxygens (including phenoxy) is 2. The van der Waals surface area contributed by atoms with Gasteiger partial charge in [-0.15, -0.1) is 0 Å². The minimum Gasteiger partial charge on any atom is -0.479 e. The van der Waals surface area contributed by atoms with Gasteiger partial charge in [0.05, 0.1) is 22.3 Å². The van der Waals surface area contributed by atoms with Crippen LogP contribution in [-0.2, 0) is 19.1 Å². The van der Waals surface area contributed by atoms with E-state index in [-0.39, 0.29) is 39.2 Å². The molecule has 2 aromatic rings. The van der Waals surface area contributed by atoms with E-state index in [4.69, 9.17) is 32.7 Å². The molecule has 166 valence electrons. The lowest BCUT2D eigenvalue weighted by Gasteiger charge is -2.26. The first-order chi connectivity index (χ1) is 15.2. The van der Waals surface area contributed by atoms with Crippen LogP contribution in [0.5, 0.6) is 5.75 Å². The molecule has 1 heterocycles. The number of rotatable bonds is 6. The summed E-state index contributed by atoms with van der Waals surface area (Å²) in [5.41, 5.74) is -0.0391. The van der Waals surface area contributed by atoms with Gasteiger partial charge in [0.25, 0.3) is 11.8 Å². The minimum absolute atomic E-state index is 0.0174. The maximum absolute atomic E-state index is 13.2. The first-order valence-electron chi connectivity index (χ1n) is 9.15. The van der Waals surface area contributed by atoms with Crippen molar-refractivity contribution in [1.29, 1.82) is 0 Å². The number of hydrogen-bond donors (Lipinski definition) is 1. The van der Waals surface area contributed by atoms with E-state index in [1.54, 1.807) is 6.92 Å². The maximum atomic E-state index is 13.2. The number of barbiturate groups is 1. The third kappa shape index (κ3) is 5.06. The van der Waals surface area contributed by atoms with Crippen molar-refractivity contribution in [3.63, 3.8) is 0 Å². The number of anilines is 1. The Labute approximate surface area is 191 Å². The first kappa shape index (κ1) is 23.2. The normalized spacial score (nSPS) is 15.1. The van der Waals surface area contributed by atoms with E-state index in [9.17, 15) is 23.6 Å². The van der Waals surface area contributed by atoms with Crippen molar-refractivity contribution in [2.45, 2.75) is 6.92 Å². The second-order valence-corrected chi connectivity index (χ2v) is 7.16. The van der Waals surface area contributed by atoms with E-state index in [1.807, 2.05) is 0 Å². The number of halogens is 3. The third-order valence-corrected chi connectivity index (χ3v) is 4.72. The fourth-order valence-electron chi connectivity index (χ4n) is 2.78. The zero-order valence-corrected chi connectivity index (χ0v) is 18.0. The van der Waals surface area contributed by atoms with E-state index in [1.165, 1.54) is 30.3 Å². The lowest BCUT2D eigenvalue weighted by molar-refractivity contribution is -0.145. The SMILES string of the molecule is CCOC(=O)COc1c(Cl)cc(/C=C2/C(=O)NC(=O)N(c3ccc(F)cc3)C2=O)cc1Cl. The van der Waals surface area contributed by atoms with Crippen LogP contribution in [0.15, 0.2) is 42.0 Å². The number of carbonyl (C=O) groups is 4. The van der Waals surface area contributed by atoms with Crippen molar-refractivity contribution < 1.29 is 33.0 Å². The molecule has 1 N–H and O–H groups in total. The molecule has 0 bridgehead atoms. The standard InChI is InChI=1S/C21H15Cl2FN2O6/c1-2-31-17(27)10-32-18-15(22)8-11(9-16(18)23)7-14-19(28)25-21(30)26(20(14)29)13-5-3-12(24)4-6-13/h3-9H,2,10H2,1H3,(H,25,28,30)/b14-7-. The summed E-state index contributed by atoms with van der Waals surface area (Å²) in [5, 5.41) is 2.09. The molecule has 8 nitrogen and oxygen atoms in total. The molecule has 2 aromatic carbocycles. The van der Waals surface area contributed by atoms with Gasteiger partial charge in [-0.3, -0.25) is 14.9 Å². The molecular weight excluding hydrogens is 466 g/mol. The molecular formula is C21H15Cl2FN2O6. The molecule has 0 aliphatic carbocycles. The summed E-state index contributed by atoms with van der Waals surface area (Å²) in [6, 6.07) is 6.35. The molecule has 11 heteroatoms. The van der Waals surface area contributed by atoms with E-state index in [0.717, 1.165) is 12.1 Å². The highest BCUT2D eigenvalue weighted by Gasteiger charge is 2.36. The van der Waals surface area contributed by atoms with Crippen molar-refractivity contribution >= 4 is 58.8 Å². The van der Waals surface area contributed by atoms with Crippen LogP contribution in [0.3, 0.4) is 0 Å². The van der Waals surface area contributed by atoms with Crippen molar-refractivity contribution in [3.8, 4) is 5.75 Å². The van der Waals surface area contributed by atoms with Gasteiger partial charge >= 0.3 is 12.0 Å². The van der Waals surface area contributed by atoms with Crippen molar-refractivity contribution in [3.05, 3.63) is 63.4 Å². The van der Waals surface area contributed by atoms with Crippen LogP contribution in [0.4, 0.5) is 14.9 Å². The monoisotopic (exact) mass is 480 g/mol. The Balaban J connectivity index is 1.89. The second-order valence-electron chi connectivity index (χ2n) is 6.34. The van der Waals surface area contributed by atoms with Gasteiger partial charge in [0.2, 0.25) is 0 Å². The number of nitrogens with zero attached hydrogens (tertiary/aromatic N) is 1. The van der Waals surface area contributed by atoms with Crippen molar-refractivity contribution in [2.75, 3.05) is 18.1 Å². The van der Waals surface area contributed by atoms with Crippen LogP contribution >= 0.6 is 23.2 Å². The number of nitrogens with one attached hydrogen (secondary N) is 1. The largest absolute Gasteiger partial charge is 0.479 e. The fraction of sp³-hybridized carbons (Fsp3) is 0.143. The summed E-state index contributed by atoms with van der Waals surface area (Å²) in [7, 11) is 0. The number of hydrogen-bond acceptors (Lipinski definition) is 6. The van der Waals surface area contributed by atoms with Gasteiger partial charge in [0.1, 0.15) is 11.4 Å². The lowest BCUT2D eigenvalue weighted by atomic mass is 10.1. The molecule has 0 radical (unpaired) electrons. The van der Waals surface area contributed by atoms with E-state index in [0.29, 0.717) is 4.90 Å². The smallest absolute Gasteiger partial charge is 0.344 e. The Hall–Kier alpha value is -3.43. The van der Waals surface area contributed by atoms with Crippen LogP contribution in [0, 0.1) is 5.82 Å². The Kier molecular flexibility index (Phi) is 7.12. The van der Waals surface area contributed by atoms with Gasteiger partial charge in [-0.2, -0.15) is 0 Å². The van der Waals surface area contributed by atoms with Crippen LogP contribution < -0.4 is 15.0 Å². The van der Waals surface area contributed by atoms with Gasteiger partial charge < -0.3 is 9.47 Å². The molecule has 0 saturated carbocycles.